The summed E-state index contributed by atoms with van der Waals surface area (Å²) in [6.07, 6.45) is 4.94. The van der Waals surface area contributed by atoms with Gasteiger partial charge < -0.3 is 9.64 Å². The quantitative estimate of drug-likeness (QED) is 0.598. The first-order chi connectivity index (χ1) is 18.9. The lowest BCUT2D eigenvalue weighted by Gasteiger charge is -2.53. The van der Waals surface area contributed by atoms with Gasteiger partial charge in [0, 0.05) is 43.1 Å². The second kappa shape index (κ2) is 8.88. The van der Waals surface area contributed by atoms with Crippen LogP contribution in [-0.2, 0) is 16.1 Å². The molecule has 2 aromatic rings. The molecular weight excluding hydrogens is 499 g/mol. The Kier molecular flexibility index (Phi) is 5.53. The third-order valence-corrected chi connectivity index (χ3v) is 9.50. The highest BCUT2D eigenvalue weighted by atomic mass is 19.1. The number of benzene rings is 2. The van der Waals surface area contributed by atoms with Crippen molar-refractivity contribution in [1.82, 2.24) is 15.1 Å². The summed E-state index contributed by atoms with van der Waals surface area (Å²) in [5.74, 6) is -0.470. The van der Waals surface area contributed by atoms with E-state index in [2.05, 4.69) is 10.2 Å². The van der Waals surface area contributed by atoms with Gasteiger partial charge in [0.25, 0.3) is 11.8 Å². The largest absolute Gasteiger partial charge is 0.489 e. The molecule has 6 aliphatic rings. The smallest absolute Gasteiger partial charge is 0.255 e. The molecule has 9 heteroatoms. The number of hydrogen-bond acceptors (Lipinski definition) is 6. The fourth-order valence-corrected chi connectivity index (χ4v) is 7.23. The number of nitriles is 1. The van der Waals surface area contributed by atoms with Crippen LogP contribution in [-0.4, -0.2) is 58.3 Å². The zero-order valence-electron chi connectivity index (χ0n) is 21.5. The Bertz CT molecular complexity index is 1440. The first-order valence-corrected chi connectivity index (χ1v) is 13.8. The van der Waals surface area contributed by atoms with Crippen molar-refractivity contribution < 1.29 is 23.5 Å². The highest BCUT2D eigenvalue weighted by molar-refractivity contribution is 6.10. The van der Waals surface area contributed by atoms with Crippen LogP contribution >= 0.6 is 0 Å². The maximum Gasteiger partial charge on any atom is 0.255 e. The number of hydrogen-bond donors (Lipinski definition) is 1. The van der Waals surface area contributed by atoms with Gasteiger partial charge in [0.1, 0.15) is 23.2 Å². The molecule has 4 aliphatic heterocycles. The van der Waals surface area contributed by atoms with Crippen molar-refractivity contribution in [2.24, 2.45) is 5.92 Å². The van der Waals surface area contributed by atoms with Gasteiger partial charge in [0.2, 0.25) is 5.91 Å². The van der Waals surface area contributed by atoms with Crippen molar-refractivity contribution in [3.8, 4) is 11.8 Å². The van der Waals surface area contributed by atoms with Crippen LogP contribution in [0, 0.1) is 23.1 Å². The van der Waals surface area contributed by atoms with Gasteiger partial charge in [-0.05, 0) is 73.6 Å². The minimum atomic E-state index is -0.924. The van der Waals surface area contributed by atoms with Gasteiger partial charge in [-0.1, -0.05) is 12.5 Å². The summed E-state index contributed by atoms with van der Waals surface area (Å²) in [4.78, 5) is 41.8. The molecule has 1 unspecified atom stereocenters. The van der Waals surface area contributed by atoms with Crippen LogP contribution in [0.2, 0.25) is 0 Å². The van der Waals surface area contributed by atoms with E-state index in [4.69, 9.17) is 10.00 Å². The Labute approximate surface area is 225 Å². The number of carbonyl (C=O) groups is 3. The summed E-state index contributed by atoms with van der Waals surface area (Å²) >= 11 is 0. The van der Waals surface area contributed by atoms with Crippen LogP contribution in [0.3, 0.4) is 0 Å². The molecule has 2 aliphatic carbocycles. The van der Waals surface area contributed by atoms with Crippen molar-refractivity contribution in [3.63, 3.8) is 0 Å². The van der Waals surface area contributed by atoms with Crippen LogP contribution in [0.4, 0.5) is 4.39 Å². The second-order valence-corrected chi connectivity index (χ2v) is 11.7. The Morgan fingerprint density at radius 1 is 1.03 bits per heavy atom. The van der Waals surface area contributed by atoms with Gasteiger partial charge in [0.05, 0.1) is 11.6 Å². The number of ether oxygens (including phenoxy) is 1. The van der Waals surface area contributed by atoms with E-state index in [1.165, 1.54) is 6.07 Å². The van der Waals surface area contributed by atoms with Crippen LogP contribution < -0.4 is 10.1 Å². The summed E-state index contributed by atoms with van der Waals surface area (Å²) in [5.41, 5.74) is 1.50. The zero-order chi connectivity index (χ0) is 26.9. The molecule has 200 valence electrons. The first-order valence-electron chi connectivity index (χ1n) is 13.8. The van der Waals surface area contributed by atoms with Gasteiger partial charge in [-0.2, -0.15) is 5.26 Å². The van der Waals surface area contributed by atoms with Gasteiger partial charge in [-0.25, -0.2) is 4.39 Å². The Morgan fingerprint density at radius 3 is 2.56 bits per heavy atom. The van der Waals surface area contributed by atoms with E-state index in [-0.39, 0.29) is 47.5 Å². The third-order valence-electron chi connectivity index (χ3n) is 9.50. The fourth-order valence-electron chi connectivity index (χ4n) is 7.23. The Hall–Kier alpha value is -3.77. The van der Waals surface area contributed by atoms with E-state index < -0.39 is 5.54 Å². The molecule has 3 amide bonds. The zero-order valence-corrected chi connectivity index (χ0v) is 21.5. The predicted molar refractivity (Wildman–Crippen MR) is 137 cm³/mol. The lowest BCUT2D eigenvalue weighted by molar-refractivity contribution is -0.160. The van der Waals surface area contributed by atoms with Gasteiger partial charge >= 0.3 is 0 Å². The molecule has 8 nitrogen and oxygen atoms in total. The standard InChI is InChI=1S/C30H29FN4O4/c31-24-9-17(13-32)5-7-22(24)20-14-34(15-20)25-3-1-2-4-26(25)39-21-6-8-23-18(10-21)16-35(28(23)37)30-11-19(12-30)27(36)33-29(30)38/h5-10,19-20,25-26H,1-4,11-12,14-16H2,(H,33,36,38)/t19?,25?,26-,30?/m1/s1. The summed E-state index contributed by atoms with van der Waals surface area (Å²) in [6.45, 7) is 1.85. The molecule has 1 N–H and O–H groups in total. The number of amides is 3. The number of nitrogens with zero attached hydrogens (tertiary/aromatic N) is 3. The van der Waals surface area contributed by atoms with Crippen molar-refractivity contribution in [1.29, 1.82) is 5.26 Å². The molecule has 0 aromatic heterocycles. The van der Waals surface area contributed by atoms with E-state index >= 15 is 0 Å². The molecule has 2 atom stereocenters. The van der Waals surface area contributed by atoms with Crippen molar-refractivity contribution in [2.45, 2.75) is 68.7 Å². The highest BCUT2D eigenvalue weighted by Gasteiger charge is 2.63. The summed E-state index contributed by atoms with van der Waals surface area (Å²) in [7, 11) is 0. The van der Waals surface area contributed by atoms with Crippen LogP contribution in [0.15, 0.2) is 36.4 Å². The molecule has 2 aromatic carbocycles. The van der Waals surface area contributed by atoms with E-state index in [0.29, 0.717) is 41.8 Å². The average Bonchev–Trinajstić information content (AvgIpc) is 3.20. The van der Waals surface area contributed by atoms with Crippen LogP contribution in [0.5, 0.6) is 5.75 Å². The van der Waals surface area contributed by atoms with E-state index in [9.17, 15) is 18.8 Å². The lowest BCUT2D eigenvalue weighted by atomic mass is 9.63. The fraction of sp³-hybridized carbons (Fsp3) is 0.467. The molecule has 5 fully saturated rings. The van der Waals surface area contributed by atoms with E-state index in [0.717, 1.165) is 44.3 Å². The molecule has 4 heterocycles. The third kappa shape index (κ3) is 3.76. The second-order valence-electron chi connectivity index (χ2n) is 11.7. The number of likely N-dealkylation sites (tertiary alicyclic amines) is 1. The Balaban J connectivity index is 1.03. The summed E-state index contributed by atoms with van der Waals surface area (Å²) in [5, 5.41) is 11.4. The normalized spacial score (nSPS) is 30.2. The monoisotopic (exact) mass is 528 g/mol. The molecule has 0 radical (unpaired) electrons. The maximum absolute atomic E-state index is 14.5. The maximum atomic E-state index is 14.5. The van der Waals surface area contributed by atoms with Crippen LogP contribution in [0.1, 0.15) is 71.5 Å². The molecule has 3 saturated heterocycles. The van der Waals surface area contributed by atoms with Crippen molar-refractivity contribution in [3.05, 3.63) is 64.5 Å². The molecule has 2 bridgehead atoms. The highest BCUT2D eigenvalue weighted by Crippen LogP contribution is 2.49. The van der Waals surface area contributed by atoms with Crippen LogP contribution in [0.25, 0.3) is 0 Å². The first kappa shape index (κ1) is 24.3. The minimum Gasteiger partial charge on any atom is -0.489 e. The van der Waals surface area contributed by atoms with E-state index in [1.807, 2.05) is 18.2 Å². The number of nitrogens with one attached hydrogen (secondary N) is 1. The number of fused-ring (bicyclic) bond motifs is 3. The van der Waals surface area contributed by atoms with Gasteiger partial charge in [0.15, 0.2) is 0 Å². The molecule has 39 heavy (non-hydrogen) atoms. The number of piperidine rings is 2. The van der Waals surface area contributed by atoms with E-state index in [1.54, 1.807) is 23.1 Å². The average molecular weight is 529 g/mol. The predicted octanol–water partition coefficient (Wildman–Crippen LogP) is 3.25. The Morgan fingerprint density at radius 2 is 1.82 bits per heavy atom. The van der Waals surface area contributed by atoms with Crippen molar-refractivity contribution in [2.75, 3.05) is 13.1 Å². The summed E-state index contributed by atoms with van der Waals surface area (Å²) in [6, 6.07) is 12.5. The number of imide groups is 1. The number of rotatable bonds is 5. The van der Waals surface area contributed by atoms with Gasteiger partial charge in [-0.15, -0.1) is 0 Å². The minimum absolute atomic E-state index is 0.00196. The molecule has 2 saturated carbocycles. The number of carbonyl (C=O) groups excluding carboxylic acids is 3. The summed E-state index contributed by atoms with van der Waals surface area (Å²) < 4.78 is 21.1. The molecule has 0 spiro atoms. The van der Waals surface area contributed by atoms with Crippen molar-refractivity contribution >= 4 is 17.7 Å². The molecule has 8 rings (SSSR count). The lowest BCUT2D eigenvalue weighted by Crippen LogP contribution is -2.73. The topological polar surface area (TPSA) is 103 Å². The molecular formula is C30H29FN4O4. The number of halogens is 1. The SMILES string of the molecule is N#Cc1ccc(C2CN(C3CCCC[C@H]3Oc3ccc4c(c3)CN(C35CC(C3)C(=O)NC5=O)C4=O)C2)c(F)c1. The van der Waals surface area contributed by atoms with Gasteiger partial charge in [-0.3, -0.25) is 24.6 Å².